The van der Waals surface area contributed by atoms with E-state index >= 15 is 0 Å². The minimum Gasteiger partial charge on any atom is -0.493 e. The SMILES string of the molecule is Cn1nc(CCOc2ccccc2)cc1N. The summed E-state index contributed by atoms with van der Waals surface area (Å²) in [5.41, 5.74) is 6.64. The van der Waals surface area contributed by atoms with Crippen molar-refractivity contribution in [1.82, 2.24) is 9.78 Å². The number of nitrogens with zero attached hydrogens (tertiary/aromatic N) is 2. The highest BCUT2D eigenvalue weighted by Crippen LogP contribution is 2.10. The third-order valence-electron chi connectivity index (χ3n) is 2.34. The molecule has 0 amide bonds. The van der Waals surface area contributed by atoms with Crippen molar-refractivity contribution in [3.63, 3.8) is 0 Å². The first kappa shape index (κ1) is 10.5. The molecule has 0 aliphatic heterocycles. The molecule has 0 atom stereocenters. The highest BCUT2D eigenvalue weighted by atomic mass is 16.5. The average Bonchev–Trinajstić information content (AvgIpc) is 2.60. The lowest BCUT2D eigenvalue weighted by Crippen LogP contribution is -2.02. The monoisotopic (exact) mass is 217 g/mol. The summed E-state index contributed by atoms with van der Waals surface area (Å²) in [6.45, 7) is 0.612. The van der Waals surface area contributed by atoms with E-state index < -0.39 is 0 Å². The maximum absolute atomic E-state index is 5.68. The van der Waals surface area contributed by atoms with Gasteiger partial charge in [-0.3, -0.25) is 4.68 Å². The van der Waals surface area contributed by atoms with Crippen molar-refractivity contribution in [3.05, 3.63) is 42.1 Å². The molecule has 0 saturated heterocycles. The number of rotatable bonds is 4. The Hall–Kier alpha value is -1.97. The van der Waals surface area contributed by atoms with E-state index in [2.05, 4.69) is 5.10 Å². The van der Waals surface area contributed by atoms with E-state index in [1.54, 1.807) is 4.68 Å². The zero-order valence-electron chi connectivity index (χ0n) is 9.26. The summed E-state index contributed by atoms with van der Waals surface area (Å²) in [6.07, 6.45) is 0.764. The van der Waals surface area contributed by atoms with E-state index in [1.807, 2.05) is 43.4 Å². The van der Waals surface area contributed by atoms with Crippen LogP contribution in [0.25, 0.3) is 0 Å². The summed E-state index contributed by atoms with van der Waals surface area (Å²) in [6, 6.07) is 11.6. The lowest BCUT2D eigenvalue weighted by molar-refractivity contribution is 0.320. The van der Waals surface area contributed by atoms with Crippen LogP contribution in [0.2, 0.25) is 0 Å². The van der Waals surface area contributed by atoms with Crippen molar-refractivity contribution in [2.45, 2.75) is 6.42 Å². The molecule has 0 radical (unpaired) electrons. The van der Waals surface area contributed by atoms with Crippen molar-refractivity contribution in [2.75, 3.05) is 12.3 Å². The molecule has 0 fully saturated rings. The van der Waals surface area contributed by atoms with Gasteiger partial charge < -0.3 is 10.5 Å². The number of ether oxygens (including phenoxy) is 1. The zero-order chi connectivity index (χ0) is 11.4. The number of hydrogen-bond acceptors (Lipinski definition) is 3. The Balaban J connectivity index is 1.84. The van der Waals surface area contributed by atoms with Crippen molar-refractivity contribution in [2.24, 2.45) is 7.05 Å². The van der Waals surface area contributed by atoms with Crippen LogP contribution in [0.4, 0.5) is 5.82 Å². The molecular formula is C12H15N3O. The van der Waals surface area contributed by atoms with Crippen LogP contribution in [-0.4, -0.2) is 16.4 Å². The molecule has 16 heavy (non-hydrogen) atoms. The number of anilines is 1. The molecule has 84 valence electrons. The second kappa shape index (κ2) is 4.70. The van der Waals surface area contributed by atoms with Crippen LogP contribution in [0, 0.1) is 0 Å². The number of benzene rings is 1. The summed E-state index contributed by atoms with van der Waals surface area (Å²) in [4.78, 5) is 0. The second-order valence-electron chi connectivity index (χ2n) is 3.60. The highest BCUT2D eigenvalue weighted by Gasteiger charge is 2.01. The maximum atomic E-state index is 5.68. The van der Waals surface area contributed by atoms with Crippen LogP contribution in [-0.2, 0) is 13.5 Å². The molecule has 2 N–H and O–H groups in total. The zero-order valence-corrected chi connectivity index (χ0v) is 9.26. The van der Waals surface area contributed by atoms with Gasteiger partial charge in [0.2, 0.25) is 0 Å². The molecule has 2 aromatic rings. The fourth-order valence-corrected chi connectivity index (χ4v) is 1.46. The minimum absolute atomic E-state index is 0.612. The van der Waals surface area contributed by atoms with Crippen molar-refractivity contribution >= 4 is 5.82 Å². The smallest absolute Gasteiger partial charge is 0.121 e. The van der Waals surface area contributed by atoms with Crippen molar-refractivity contribution in [1.29, 1.82) is 0 Å². The van der Waals surface area contributed by atoms with Crippen LogP contribution in [0.1, 0.15) is 5.69 Å². The highest BCUT2D eigenvalue weighted by molar-refractivity contribution is 5.30. The Bertz CT molecular complexity index is 431. The molecule has 4 nitrogen and oxygen atoms in total. The van der Waals surface area contributed by atoms with Gasteiger partial charge in [0.05, 0.1) is 12.3 Å². The fourth-order valence-electron chi connectivity index (χ4n) is 1.46. The third-order valence-corrected chi connectivity index (χ3v) is 2.34. The van der Waals surface area contributed by atoms with Gasteiger partial charge in [-0.15, -0.1) is 0 Å². The number of nitrogen functional groups attached to an aromatic ring is 1. The first-order valence-corrected chi connectivity index (χ1v) is 5.22. The van der Waals surface area contributed by atoms with Crippen molar-refractivity contribution in [3.8, 4) is 5.75 Å². The van der Waals surface area contributed by atoms with Gasteiger partial charge in [0.25, 0.3) is 0 Å². The molecule has 1 heterocycles. The molecule has 0 unspecified atom stereocenters. The quantitative estimate of drug-likeness (QED) is 0.846. The Morgan fingerprint density at radius 2 is 2.06 bits per heavy atom. The Labute approximate surface area is 94.6 Å². The fraction of sp³-hybridized carbons (Fsp3) is 0.250. The predicted molar refractivity (Wildman–Crippen MR) is 63.3 cm³/mol. The van der Waals surface area contributed by atoms with Crippen LogP contribution in [0.5, 0.6) is 5.75 Å². The van der Waals surface area contributed by atoms with Crippen LogP contribution in [0.15, 0.2) is 36.4 Å². The molecule has 2 rings (SSSR count). The molecule has 0 bridgehead atoms. The van der Waals surface area contributed by atoms with Gasteiger partial charge in [-0.2, -0.15) is 5.10 Å². The molecule has 1 aromatic heterocycles. The van der Waals surface area contributed by atoms with Crippen LogP contribution < -0.4 is 10.5 Å². The first-order chi connectivity index (χ1) is 7.75. The van der Waals surface area contributed by atoms with Crippen LogP contribution in [0.3, 0.4) is 0 Å². The summed E-state index contributed by atoms with van der Waals surface area (Å²) in [5, 5.41) is 4.25. The molecule has 0 aliphatic carbocycles. The van der Waals surface area contributed by atoms with E-state index in [0.29, 0.717) is 12.4 Å². The number of hydrogen-bond donors (Lipinski definition) is 1. The Morgan fingerprint density at radius 1 is 1.31 bits per heavy atom. The molecule has 0 saturated carbocycles. The maximum Gasteiger partial charge on any atom is 0.121 e. The first-order valence-electron chi connectivity index (χ1n) is 5.22. The van der Waals surface area contributed by atoms with Gasteiger partial charge in [0.1, 0.15) is 11.6 Å². The number of para-hydroxylation sites is 1. The minimum atomic E-state index is 0.612. The van der Waals surface area contributed by atoms with E-state index in [0.717, 1.165) is 17.9 Å². The number of nitrogens with two attached hydrogens (primary N) is 1. The van der Waals surface area contributed by atoms with Crippen LogP contribution >= 0.6 is 0 Å². The summed E-state index contributed by atoms with van der Waals surface area (Å²) in [5.74, 6) is 1.56. The standard InChI is InChI=1S/C12H15N3O/c1-15-12(13)9-10(14-15)7-8-16-11-5-3-2-4-6-11/h2-6,9H,7-8,13H2,1H3. The molecule has 0 spiro atoms. The predicted octanol–water partition coefficient (Wildman–Crippen LogP) is 1.62. The topological polar surface area (TPSA) is 53.1 Å². The number of aromatic nitrogens is 2. The molecule has 0 aliphatic rings. The lowest BCUT2D eigenvalue weighted by Gasteiger charge is -2.03. The summed E-state index contributed by atoms with van der Waals surface area (Å²) < 4.78 is 7.23. The second-order valence-corrected chi connectivity index (χ2v) is 3.60. The van der Waals surface area contributed by atoms with Gasteiger partial charge in [0, 0.05) is 19.5 Å². The van der Waals surface area contributed by atoms with E-state index in [1.165, 1.54) is 0 Å². The Morgan fingerprint density at radius 3 is 2.69 bits per heavy atom. The third kappa shape index (κ3) is 2.53. The Kier molecular flexibility index (Phi) is 3.10. The van der Waals surface area contributed by atoms with Gasteiger partial charge in [-0.05, 0) is 12.1 Å². The summed E-state index contributed by atoms with van der Waals surface area (Å²) in [7, 11) is 1.83. The van der Waals surface area contributed by atoms with Crippen molar-refractivity contribution < 1.29 is 4.74 Å². The normalized spacial score (nSPS) is 10.3. The lowest BCUT2D eigenvalue weighted by atomic mass is 10.3. The summed E-state index contributed by atoms with van der Waals surface area (Å²) >= 11 is 0. The van der Waals surface area contributed by atoms with E-state index in [4.69, 9.17) is 10.5 Å². The molecular weight excluding hydrogens is 202 g/mol. The average molecular weight is 217 g/mol. The molecule has 1 aromatic carbocycles. The van der Waals surface area contributed by atoms with Gasteiger partial charge in [0.15, 0.2) is 0 Å². The van der Waals surface area contributed by atoms with Gasteiger partial charge in [-0.1, -0.05) is 18.2 Å². The van der Waals surface area contributed by atoms with Gasteiger partial charge in [-0.25, -0.2) is 0 Å². The largest absolute Gasteiger partial charge is 0.493 e. The molecule has 4 heteroatoms. The number of aryl methyl sites for hydroxylation is 1. The van der Waals surface area contributed by atoms with E-state index in [-0.39, 0.29) is 0 Å². The van der Waals surface area contributed by atoms with E-state index in [9.17, 15) is 0 Å². The van der Waals surface area contributed by atoms with Gasteiger partial charge >= 0.3 is 0 Å².